The van der Waals surface area contributed by atoms with E-state index in [9.17, 15) is 28.1 Å². The summed E-state index contributed by atoms with van der Waals surface area (Å²) in [6.45, 7) is 4.12. The Hall–Kier alpha value is -3.77. The number of nitro groups is 1. The molecule has 2 aromatic carbocycles. The Morgan fingerprint density at radius 1 is 1.03 bits per heavy atom. The van der Waals surface area contributed by atoms with Crippen molar-refractivity contribution in [1.82, 2.24) is 19.7 Å². The van der Waals surface area contributed by atoms with Gasteiger partial charge in [-0.05, 0) is 50.5 Å². The first-order valence-corrected chi connectivity index (χ1v) is 11.6. The molecular weight excluding hydrogens is 491 g/mol. The Bertz CT molecular complexity index is 1250. The van der Waals surface area contributed by atoms with Gasteiger partial charge in [-0.2, -0.15) is 13.2 Å². The van der Waals surface area contributed by atoms with E-state index in [0.717, 1.165) is 25.2 Å². The molecule has 1 aliphatic rings. The molecule has 1 fully saturated rings. The Morgan fingerprint density at radius 3 is 2.16 bits per heavy atom. The van der Waals surface area contributed by atoms with E-state index in [-0.39, 0.29) is 34.5 Å². The van der Waals surface area contributed by atoms with Crippen molar-refractivity contribution >= 4 is 11.6 Å². The monoisotopic (exact) mass is 517 g/mol. The van der Waals surface area contributed by atoms with Gasteiger partial charge in [-0.25, -0.2) is 4.98 Å². The lowest BCUT2D eigenvalue weighted by Gasteiger charge is -2.34. The number of nitrogens with zero attached hydrogens (tertiary/aromatic N) is 5. The summed E-state index contributed by atoms with van der Waals surface area (Å²) in [7, 11) is 4.00. The zero-order chi connectivity index (χ0) is 26.7. The Labute approximate surface area is 211 Å². The standard InChI is InChI=1S/C25H26F3N5O4/c1-30(2)11-12-31-13-15-32(16-14-31)24(34)21-22(17-5-9-20(10-6-17)33(35)36)37-23(29-21)18-3-7-19(8-4-18)25(26,27)28/h3-10H,11-16H2,1-2H3. The largest absolute Gasteiger partial charge is 0.435 e. The van der Waals surface area contributed by atoms with E-state index in [1.54, 1.807) is 4.90 Å². The number of piperazine rings is 1. The van der Waals surface area contributed by atoms with Gasteiger partial charge in [0.25, 0.3) is 11.6 Å². The maximum absolute atomic E-state index is 13.5. The molecule has 12 heteroatoms. The third kappa shape index (κ3) is 6.15. The fourth-order valence-corrected chi connectivity index (χ4v) is 3.99. The average molecular weight is 518 g/mol. The van der Waals surface area contributed by atoms with Gasteiger partial charge in [0.15, 0.2) is 11.5 Å². The maximum atomic E-state index is 13.5. The molecule has 1 aromatic heterocycles. The molecule has 9 nitrogen and oxygen atoms in total. The van der Waals surface area contributed by atoms with E-state index < -0.39 is 16.7 Å². The van der Waals surface area contributed by atoms with Crippen molar-refractivity contribution in [2.24, 2.45) is 0 Å². The van der Waals surface area contributed by atoms with Crippen molar-refractivity contribution in [1.29, 1.82) is 0 Å². The highest BCUT2D eigenvalue weighted by atomic mass is 19.4. The number of halogens is 3. The van der Waals surface area contributed by atoms with Crippen LogP contribution in [0.1, 0.15) is 16.1 Å². The zero-order valence-electron chi connectivity index (χ0n) is 20.4. The molecule has 0 aliphatic carbocycles. The Kier molecular flexibility index (Phi) is 7.60. The van der Waals surface area contributed by atoms with Gasteiger partial charge in [0, 0.05) is 62.5 Å². The average Bonchev–Trinajstić information content (AvgIpc) is 3.32. The SMILES string of the molecule is CN(C)CCN1CCN(C(=O)c2nc(-c3ccc(C(F)(F)F)cc3)oc2-c2ccc([N+](=O)[O-])cc2)CC1. The van der Waals surface area contributed by atoms with Crippen LogP contribution in [0.4, 0.5) is 18.9 Å². The van der Waals surface area contributed by atoms with E-state index in [1.165, 1.54) is 36.4 Å². The minimum Gasteiger partial charge on any atom is -0.435 e. The molecule has 1 amide bonds. The number of likely N-dealkylation sites (N-methyl/N-ethyl adjacent to an activating group) is 1. The molecule has 0 spiro atoms. The van der Waals surface area contributed by atoms with Crippen molar-refractivity contribution in [2.45, 2.75) is 6.18 Å². The summed E-state index contributed by atoms with van der Waals surface area (Å²) in [5.74, 6) is -0.289. The third-order valence-corrected chi connectivity index (χ3v) is 6.15. The predicted octanol–water partition coefficient (Wildman–Crippen LogP) is 4.26. The molecule has 0 N–H and O–H groups in total. The molecule has 1 saturated heterocycles. The number of alkyl halides is 3. The van der Waals surface area contributed by atoms with Gasteiger partial charge >= 0.3 is 6.18 Å². The van der Waals surface area contributed by atoms with Gasteiger partial charge < -0.3 is 14.2 Å². The zero-order valence-corrected chi connectivity index (χ0v) is 20.4. The quantitative estimate of drug-likeness (QED) is 0.341. The summed E-state index contributed by atoms with van der Waals surface area (Å²) in [6, 6.07) is 9.76. The van der Waals surface area contributed by atoms with Crippen molar-refractivity contribution in [3.63, 3.8) is 0 Å². The lowest BCUT2D eigenvalue weighted by molar-refractivity contribution is -0.384. The van der Waals surface area contributed by atoms with Crippen LogP contribution < -0.4 is 0 Å². The molecule has 37 heavy (non-hydrogen) atoms. The summed E-state index contributed by atoms with van der Waals surface area (Å²) < 4.78 is 44.8. The number of oxazole rings is 1. The van der Waals surface area contributed by atoms with E-state index in [1.807, 2.05) is 14.1 Å². The number of aromatic nitrogens is 1. The van der Waals surface area contributed by atoms with Crippen LogP contribution in [0.3, 0.4) is 0 Å². The van der Waals surface area contributed by atoms with E-state index in [2.05, 4.69) is 14.8 Å². The fourth-order valence-electron chi connectivity index (χ4n) is 3.99. The highest BCUT2D eigenvalue weighted by Gasteiger charge is 2.31. The molecule has 0 radical (unpaired) electrons. The molecule has 0 unspecified atom stereocenters. The molecule has 1 aliphatic heterocycles. The number of hydrogen-bond acceptors (Lipinski definition) is 7. The van der Waals surface area contributed by atoms with Crippen LogP contribution in [0.5, 0.6) is 0 Å². The molecule has 0 saturated carbocycles. The van der Waals surface area contributed by atoms with Crippen molar-refractivity contribution in [3.8, 4) is 22.8 Å². The van der Waals surface area contributed by atoms with Crippen LogP contribution in [0.2, 0.25) is 0 Å². The lowest BCUT2D eigenvalue weighted by atomic mass is 10.1. The van der Waals surface area contributed by atoms with Crippen LogP contribution in [0, 0.1) is 10.1 Å². The number of non-ortho nitro benzene ring substituents is 1. The fraction of sp³-hybridized carbons (Fsp3) is 0.360. The van der Waals surface area contributed by atoms with Gasteiger partial charge in [-0.3, -0.25) is 19.8 Å². The molecule has 0 atom stereocenters. The first kappa shape index (κ1) is 26.3. The van der Waals surface area contributed by atoms with Crippen LogP contribution in [0.25, 0.3) is 22.8 Å². The predicted molar refractivity (Wildman–Crippen MR) is 130 cm³/mol. The van der Waals surface area contributed by atoms with Crippen LogP contribution in [-0.4, -0.2) is 83.9 Å². The normalized spacial score (nSPS) is 14.8. The number of benzene rings is 2. The first-order chi connectivity index (χ1) is 17.5. The third-order valence-electron chi connectivity index (χ3n) is 6.15. The lowest BCUT2D eigenvalue weighted by Crippen LogP contribution is -2.50. The molecule has 4 rings (SSSR count). The van der Waals surface area contributed by atoms with Gasteiger partial charge in [0.2, 0.25) is 5.89 Å². The number of rotatable bonds is 7. The summed E-state index contributed by atoms with van der Waals surface area (Å²) in [6.07, 6.45) is -4.49. The summed E-state index contributed by atoms with van der Waals surface area (Å²) in [5.41, 5.74) is -0.284. The number of amides is 1. The highest BCUT2D eigenvalue weighted by Crippen LogP contribution is 2.34. The highest BCUT2D eigenvalue weighted by molar-refractivity contribution is 5.98. The number of carbonyl (C=O) groups is 1. The number of hydrogen-bond donors (Lipinski definition) is 0. The minimum atomic E-state index is -4.49. The number of carbonyl (C=O) groups excluding carboxylic acids is 1. The minimum absolute atomic E-state index is 0.00509. The van der Waals surface area contributed by atoms with E-state index in [0.29, 0.717) is 31.7 Å². The molecular formula is C25H26F3N5O4. The van der Waals surface area contributed by atoms with Gasteiger partial charge in [0.1, 0.15) is 0 Å². The van der Waals surface area contributed by atoms with Crippen molar-refractivity contribution in [2.75, 3.05) is 53.4 Å². The van der Waals surface area contributed by atoms with Gasteiger partial charge in [-0.15, -0.1) is 0 Å². The molecule has 2 heterocycles. The Balaban J connectivity index is 1.63. The van der Waals surface area contributed by atoms with Crippen molar-refractivity contribution in [3.05, 3.63) is 69.9 Å². The van der Waals surface area contributed by atoms with E-state index in [4.69, 9.17) is 4.42 Å². The second kappa shape index (κ2) is 10.7. The second-order valence-corrected chi connectivity index (χ2v) is 9.01. The van der Waals surface area contributed by atoms with Crippen molar-refractivity contribution < 1.29 is 27.3 Å². The topological polar surface area (TPSA) is 96.0 Å². The van der Waals surface area contributed by atoms with E-state index >= 15 is 0 Å². The second-order valence-electron chi connectivity index (χ2n) is 9.01. The first-order valence-electron chi connectivity index (χ1n) is 11.6. The van der Waals surface area contributed by atoms with Gasteiger partial charge in [-0.1, -0.05) is 0 Å². The molecule has 3 aromatic rings. The summed E-state index contributed by atoms with van der Waals surface area (Å²) in [5, 5.41) is 11.1. The summed E-state index contributed by atoms with van der Waals surface area (Å²) in [4.78, 5) is 34.4. The maximum Gasteiger partial charge on any atom is 0.416 e. The molecule has 196 valence electrons. The summed E-state index contributed by atoms with van der Waals surface area (Å²) >= 11 is 0. The van der Waals surface area contributed by atoms with Crippen LogP contribution in [0.15, 0.2) is 52.9 Å². The molecule has 0 bridgehead atoms. The Morgan fingerprint density at radius 2 is 1.62 bits per heavy atom. The van der Waals surface area contributed by atoms with Gasteiger partial charge in [0.05, 0.1) is 10.5 Å². The smallest absolute Gasteiger partial charge is 0.416 e. The van der Waals surface area contributed by atoms with Crippen LogP contribution >= 0.6 is 0 Å². The number of nitro benzene ring substituents is 1. The van der Waals surface area contributed by atoms with Crippen LogP contribution in [-0.2, 0) is 6.18 Å².